The van der Waals surface area contributed by atoms with E-state index in [0.717, 1.165) is 46.6 Å². The number of ether oxygens (including phenoxy) is 1. The molecule has 0 saturated carbocycles. The first-order valence-corrected chi connectivity index (χ1v) is 13.3. The predicted octanol–water partition coefficient (Wildman–Crippen LogP) is 1.86. The van der Waals surface area contributed by atoms with Gasteiger partial charge in [0.1, 0.15) is 16.9 Å². The van der Waals surface area contributed by atoms with Crippen LogP contribution < -0.4 is 39.4 Å². The van der Waals surface area contributed by atoms with Gasteiger partial charge in [-0.2, -0.15) is 0 Å². The molecule has 4 aromatic rings. The molecule has 1 aliphatic rings. The minimum Gasteiger partial charge on any atom is -0.550 e. The third-order valence-electron chi connectivity index (χ3n) is 7.23. The Labute approximate surface area is 256 Å². The van der Waals surface area contributed by atoms with Crippen LogP contribution in [0.2, 0.25) is 5.02 Å². The Morgan fingerprint density at radius 3 is 2.69 bits per heavy atom. The minimum absolute atomic E-state index is 0. The summed E-state index contributed by atoms with van der Waals surface area (Å²) in [4.78, 5) is 14.3. The van der Waals surface area contributed by atoms with E-state index in [0.29, 0.717) is 29.2 Å². The first-order chi connectivity index (χ1) is 18.1. The van der Waals surface area contributed by atoms with E-state index in [4.69, 9.17) is 16.3 Å². The molecule has 7 nitrogen and oxygen atoms in total. The number of hydrogen-bond acceptors (Lipinski definition) is 6. The van der Waals surface area contributed by atoms with Gasteiger partial charge in [0.25, 0.3) is 0 Å². The summed E-state index contributed by atoms with van der Waals surface area (Å²) in [5.41, 5.74) is 6.07. The van der Waals surface area contributed by atoms with Crippen molar-refractivity contribution in [3.63, 3.8) is 0 Å². The Kier molecular flexibility index (Phi) is 9.08. The van der Waals surface area contributed by atoms with Crippen LogP contribution in [0.3, 0.4) is 0 Å². The number of rotatable bonds is 7. The molecule has 0 bridgehead atoms. The van der Waals surface area contributed by atoms with E-state index in [9.17, 15) is 9.90 Å². The number of aromatic nitrogens is 3. The number of para-hydroxylation sites is 1. The fourth-order valence-electron chi connectivity index (χ4n) is 5.43. The first kappa shape index (κ1) is 29.6. The summed E-state index contributed by atoms with van der Waals surface area (Å²) < 4.78 is 8.09. The van der Waals surface area contributed by atoms with Gasteiger partial charge in [0, 0.05) is 43.6 Å². The monoisotopic (exact) mass is 554 g/mol. The summed E-state index contributed by atoms with van der Waals surface area (Å²) >= 11 is 6.81. The van der Waals surface area contributed by atoms with Gasteiger partial charge in [0.05, 0.1) is 10.5 Å². The summed E-state index contributed by atoms with van der Waals surface area (Å²) in [6, 6.07) is 18.1. The van der Waals surface area contributed by atoms with Crippen molar-refractivity contribution < 1.29 is 44.2 Å². The van der Waals surface area contributed by atoms with Crippen molar-refractivity contribution in [3.8, 4) is 5.75 Å². The van der Waals surface area contributed by atoms with Crippen LogP contribution in [0.15, 0.2) is 54.6 Å². The van der Waals surface area contributed by atoms with Gasteiger partial charge in [-0.15, -0.1) is 5.10 Å². The number of aryl methyl sites for hydroxylation is 2. The van der Waals surface area contributed by atoms with Crippen molar-refractivity contribution in [2.75, 3.05) is 6.54 Å². The second-order valence-corrected chi connectivity index (χ2v) is 11.0. The number of fused-ring (bicyclic) bond motifs is 2. The van der Waals surface area contributed by atoms with Crippen LogP contribution in [0.5, 0.6) is 5.75 Å². The molecule has 0 radical (unpaired) electrons. The number of hydrogen-bond donors (Lipinski definition) is 0. The zero-order valence-corrected chi connectivity index (χ0v) is 26.0. The predicted molar refractivity (Wildman–Crippen MR) is 146 cm³/mol. The van der Waals surface area contributed by atoms with Crippen molar-refractivity contribution in [3.05, 3.63) is 87.4 Å². The van der Waals surface area contributed by atoms with Gasteiger partial charge < -0.3 is 14.6 Å². The molecule has 0 saturated heterocycles. The van der Waals surface area contributed by atoms with Crippen molar-refractivity contribution >= 4 is 28.6 Å². The number of carboxylic acid groups (broad SMARTS) is 1. The van der Waals surface area contributed by atoms with Crippen LogP contribution in [0, 0.1) is 6.92 Å². The molecule has 0 N–H and O–H groups in total. The van der Waals surface area contributed by atoms with Crippen molar-refractivity contribution in [1.82, 2.24) is 19.9 Å². The normalized spacial score (nSPS) is 15.6. The van der Waals surface area contributed by atoms with Gasteiger partial charge in [-0.25, -0.2) is 4.68 Å². The molecule has 0 spiro atoms. The Balaban J connectivity index is 0.00000353. The molecule has 1 aromatic heterocycles. The first-order valence-electron chi connectivity index (χ1n) is 13.0. The second kappa shape index (κ2) is 12.0. The largest absolute Gasteiger partial charge is 1.00 e. The van der Waals surface area contributed by atoms with Crippen LogP contribution in [0.4, 0.5) is 0 Å². The fraction of sp³-hybridized carbons (Fsp3) is 0.367. The molecule has 3 aromatic carbocycles. The van der Waals surface area contributed by atoms with Gasteiger partial charge in [-0.1, -0.05) is 59.3 Å². The topological polar surface area (TPSA) is 83.3 Å². The number of carboxylic acids is 1. The Bertz CT molecular complexity index is 1500. The Morgan fingerprint density at radius 2 is 1.95 bits per heavy atom. The van der Waals surface area contributed by atoms with E-state index in [-0.39, 0.29) is 41.6 Å². The molecule has 0 fully saturated rings. The smallest absolute Gasteiger partial charge is 0.550 e. The quantitative estimate of drug-likeness (QED) is 0.324. The van der Waals surface area contributed by atoms with Crippen LogP contribution >= 0.6 is 11.6 Å². The molecule has 39 heavy (non-hydrogen) atoms. The molecule has 0 amide bonds. The molecule has 0 aliphatic carbocycles. The third-order valence-corrected chi connectivity index (χ3v) is 7.63. The number of aliphatic carboxylic acids is 1. The van der Waals surface area contributed by atoms with Gasteiger partial charge in [-0.05, 0) is 68.5 Å². The number of nitrogens with zero attached hydrogens (tertiary/aromatic N) is 4. The molecule has 0 unspecified atom stereocenters. The van der Waals surface area contributed by atoms with Crippen LogP contribution in [0.1, 0.15) is 60.9 Å². The summed E-state index contributed by atoms with van der Waals surface area (Å²) in [6.07, 6.45) is -0.187. The SMILES string of the molecule is CCn1nnc2c(Cl)c([C@H](CC(=O)[O-])c3ccc(C)c(CN4Cc5ccccc5OC(C)(C)C4)c3)ccc21.[Na+]. The Morgan fingerprint density at radius 1 is 1.18 bits per heavy atom. The fourth-order valence-corrected chi connectivity index (χ4v) is 5.76. The van der Waals surface area contributed by atoms with Crippen molar-refractivity contribution in [1.29, 1.82) is 0 Å². The van der Waals surface area contributed by atoms with Crippen molar-refractivity contribution in [2.45, 2.75) is 65.3 Å². The number of halogens is 1. The maximum atomic E-state index is 11.9. The third kappa shape index (κ3) is 6.34. The average Bonchev–Trinajstić information content (AvgIpc) is 3.23. The number of carbonyl (C=O) groups is 1. The summed E-state index contributed by atoms with van der Waals surface area (Å²) in [5.74, 6) is -0.689. The van der Waals surface area contributed by atoms with E-state index < -0.39 is 11.9 Å². The van der Waals surface area contributed by atoms with Crippen molar-refractivity contribution in [2.24, 2.45) is 0 Å². The van der Waals surface area contributed by atoms with Crippen LogP contribution in [-0.4, -0.2) is 38.0 Å². The van der Waals surface area contributed by atoms with E-state index in [2.05, 4.69) is 54.2 Å². The number of carbonyl (C=O) groups excluding carboxylic acids is 1. The standard InChI is InChI=1S/C30H33ClN4O3.Na/c1-5-35-25-13-12-23(28(31)29(25)32-33-35)24(15-27(36)37)20-11-10-19(2)22(14-20)17-34-16-21-8-6-7-9-26(21)38-30(3,4)18-34;/h6-14,24H,5,15-18H2,1-4H3,(H,36,37);/q;+1/p-1/t24-;/m1./s1. The van der Waals surface area contributed by atoms with Crippen LogP contribution in [-0.2, 0) is 24.4 Å². The molecule has 198 valence electrons. The maximum Gasteiger partial charge on any atom is 1.00 e. The minimum atomic E-state index is -1.13. The van der Waals surface area contributed by atoms with E-state index >= 15 is 0 Å². The molecule has 1 aliphatic heterocycles. The van der Waals surface area contributed by atoms with Gasteiger partial charge in [0.2, 0.25) is 0 Å². The number of benzene rings is 3. The Hall–Kier alpha value is -2.42. The molecular formula is C30H32ClN4NaO3. The van der Waals surface area contributed by atoms with E-state index in [1.165, 1.54) is 0 Å². The zero-order valence-electron chi connectivity index (χ0n) is 23.2. The summed E-state index contributed by atoms with van der Waals surface area (Å²) in [7, 11) is 0. The second-order valence-electron chi connectivity index (χ2n) is 10.7. The summed E-state index contributed by atoms with van der Waals surface area (Å²) in [6.45, 7) is 11.2. The zero-order chi connectivity index (χ0) is 27.0. The maximum absolute atomic E-state index is 11.9. The average molecular weight is 555 g/mol. The summed E-state index contributed by atoms with van der Waals surface area (Å²) in [5, 5.41) is 20.7. The molecule has 1 atom stereocenters. The van der Waals surface area contributed by atoms with Gasteiger partial charge in [-0.3, -0.25) is 4.90 Å². The van der Waals surface area contributed by atoms with Crippen LogP contribution in [0.25, 0.3) is 11.0 Å². The molecule has 5 rings (SSSR count). The van der Waals surface area contributed by atoms with Gasteiger partial charge in [0.15, 0.2) is 0 Å². The van der Waals surface area contributed by atoms with E-state index in [1.54, 1.807) is 4.68 Å². The molecular weight excluding hydrogens is 523 g/mol. The molecule has 2 heterocycles. The van der Waals surface area contributed by atoms with E-state index in [1.807, 2.05) is 43.3 Å². The molecule has 9 heteroatoms. The van der Waals surface area contributed by atoms with Gasteiger partial charge >= 0.3 is 29.6 Å².